The average Bonchev–Trinajstić information content (AvgIpc) is 2.34. The number of nitrogens with one attached hydrogen (secondary N) is 2. The number of rotatable bonds is 7. The van der Waals surface area contributed by atoms with Crippen LogP contribution in [0.1, 0.15) is 39.0 Å². The van der Waals surface area contributed by atoms with Crippen molar-refractivity contribution < 1.29 is 4.79 Å². The summed E-state index contributed by atoms with van der Waals surface area (Å²) in [6.07, 6.45) is 6.14. The van der Waals surface area contributed by atoms with Crippen LogP contribution in [-0.4, -0.2) is 50.1 Å². The second-order valence-electron chi connectivity index (χ2n) is 4.95. The molecule has 0 aliphatic carbocycles. The molecule has 0 aromatic carbocycles. The number of hydrogen-bond acceptors (Lipinski definition) is 3. The smallest absolute Gasteiger partial charge is 0.233 e. The lowest BCUT2D eigenvalue weighted by Crippen LogP contribution is -2.40. The van der Waals surface area contributed by atoms with Crippen LogP contribution >= 0.6 is 0 Å². The van der Waals surface area contributed by atoms with Gasteiger partial charge >= 0.3 is 0 Å². The molecule has 4 nitrogen and oxygen atoms in total. The van der Waals surface area contributed by atoms with Crippen molar-refractivity contribution in [2.45, 2.75) is 45.1 Å². The zero-order valence-corrected chi connectivity index (χ0v) is 11.3. The van der Waals surface area contributed by atoms with E-state index in [2.05, 4.69) is 29.5 Å². The van der Waals surface area contributed by atoms with Crippen LogP contribution in [0.2, 0.25) is 0 Å². The minimum absolute atomic E-state index is 0.115. The molecule has 4 heteroatoms. The number of hydrogen-bond donors (Lipinski definition) is 2. The van der Waals surface area contributed by atoms with Gasteiger partial charge in [0.1, 0.15) is 0 Å². The molecule has 1 fully saturated rings. The summed E-state index contributed by atoms with van der Waals surface area (Å²) in [6, 6.07) is 0.704. The summed E-state index contributed by atoms with van der Waals surface area (Å²) in [4.78, 5) is 13.8. The molecule has 17 heavy (non-hydrogen) atoms. The van der Waals surface area contributed by atoms with Gasteiger partial charge in [0.2, 0.25) is 5.91 Å². The highest BCUT2D eigenvalue weighted by atomic mass is 16.1. The number of carbonyl (C=O) groups is 1. The molecule has 1 aliphatic rings. The van der Waals surface area contributed by atoms with E-state index < -0.39 is 0 Å². The summed E-state index contributed by atoms with van der Waals surface area (Å²) in [5, 5.41) is 6.09. The summed E-state index contributed by atoms with van der Waals surface area (Å²) < 4.78 is 0. The van der Waals surface area contributed by atoms with Crippen LogP contribution in [0.3, 0.4) is 0 Å². The third kappa shape index (κ3) is 6.03. The van der Waals surface area contributed by atoms with Crippen molar-refractivity contribution in [3.05, 3.63) is 0 Å². The zero-order chi connectivity index (χ0) is 12.5. The van der Waals surface area contributed by atoms with Crippen molar-refractivity contribution in [1.29, 1.82) is 0 Å². The van der Waals surface area contributed by atoms with Crippen LogP contribution in [-0.2, 0) is 4.79 Å². The molecule has 1 saturated heterocycles. The van der Waals surface area contributed by atoms with Gasteiger partial charge in [0.15, 0.2) is 0 Å². The second kappa shape index (κ2) is 8.48. The summed E-state index contributed by atoms with van der Waals surface area (Å²) in [6.45, 7) is 5.46. The molecule has 1 rings (SSSR count). The molecule has 1 heterocycles. The van der Waals surface area contributed by atoms with Crippen molar-refractivity contribution in [3.63, 3.8) is 0 Å². The molecule has 100 valence electrons. The van der Waals surface area contributed by atoms with Gasteiger partial charge in [0.05, 0.1) is 6.54 Å². The molecule has 2 N–H and O–H groups in total. The van der Waals surface area contributed by atoms with E-state index in [-0.39, 0.29) is 5.91 Å². The van der Waals surface area contributed by atoms with Crippen LogP contribution < -0.4 is 10.6 Å². The number of nitrogens with zero attached hydrogens (tertiary/aromatic N) is 1. The first kappa shape index (κ1) is 14.5. The summed E-state index contributed by atoms with van der Waals surface area (Å²) in [7, 11) is 2.21. The Kier molecular flexibility index (Phi) is 7.21. The Bertz CT molecular complexity index is 221. The highest BCUT2D eigenvalue weighted by molar-refractivity contribution is 5.77. The van der Waals surface area contributed by atoms with Crippen LogP contribution in [0.25, 0.3) is 0 Å². The maximum absolute atomic E-state index is 11.3. The van der Waals surface area contributed by atoms with Crippen molar-refractivity contribution in [2.24, 2.45) is 0 Å². The molecule has 1 atom stereocenters. The van der Waals surface area contributed by atoms with E-state index in [9.17, 15) is 4.79 Å². The minimum Gasteiger partial charge on any atom is -0.355 e. The Balaban J connectivity index is 2.01. The largest absolute Gasteiger partial charge is 0.355 e. The lowest BCUT2D eigenvalue weighted by atomic mass is 10.0. The monoisotopic (exact) mass is 241 g/mol. The van der Waals surface area contributed by atoms with Gasteiger partial charge in [-0.1, -0.05) is 13.3 Å². The lowest BCUT2D eigenvalue weighted by molar-refractivity contribution is -0.120. The predicted octanol–water partition coefficient (Wildman–Crippen LogP) is 0.977. The van der Waals surface area contributed by atoms with Crippen LogP contribution in [0.4, 0.5) is 0 Å². The van der Waals surface area contributed by atoms with E-state index in [4.69, 9.17) is 0 Å². The fourth-order valence-electron chi connectivity index (χ4n) is 2.31. The molecule has 1 aliphatic heterocycles. The second-order valence-corrected chi connectivity index (χ2v) is 4.95. The normalized spacial score (nSPS) is 21.4. The van der Waals surface area contributed by atoms with Gasteiger partial charge in [0.25, 0.3) is 0 Å². The maximum Gasteiger partial charge on any atom is 0.233 e. The number of piperidine rings is 1. The van der Waals surface area contributed by atoms with Crippen LogP contribution in [0.5, 0.6) is 0 Å². The van der Waals surface area contributed by atoms with Gasteiger partial charge in [-0.3, -0.25) is 4.79 Å². The fourth-order valence-corrected chi connectivity index (χ4v) is 2.31. The van der Waals surface area contributed by atoms with Gasteiger partial charge in [-0.15, -0.1) is 0 Å². The molecule has 1 amide bonds. The van der Waals surface area contributed by atoms with Crippen molar-refractivity contribution in [2.75, 3.05) is 33.2 Å². The fraction of sp³-hybridized carbons (Fsp3) is 0.923. The van der Waals surface area contributed by atoms with Gasteiger partial charge in [-0.25, -0.2) is 0 Å². The van der Waals surface area contributed by atoms with Gasteiger partial charge < -0.3 is 15.5 Å². The topological polar surface area (TPSA) is 44.4 Å². The third-order valence-electron chi connectivity index (χ3n) is 3.43. The summed E-state index contributed by atoms with van der Waals surface area (Å²) >= 11 is 0. The Morgan fingerprint density at radius 3 is 2.88 bits per heavy atom. The summed E-state index contributed by atoms with van der Waals surface area (Å²) in [5.41, 5.74) is 0. The van der Waals surface area contributed by atoms with Crippen LogP contribution in [0, 0.1) is 0 Å². The zero-order valence-electron chi connectivity index (χ0n) is 11.3. The van der Waals surface area contributed by atoms with Crippen LogP contribution in [0.15, 0.2) is 0 Å². The Hall–Kier alpha value is -0.610. The highest BCUT2D eigenvalue weighted by Crippen LogP contribution is 2.16. The molecule has 0 spiro atoms. The molecule has 1 unspecified atom stereocenters. The first-order valence-electron chi connectivity index (χ1n) is 6.91. The third-order valence-corrected chi connectivity index (χ3v) is 3.43. The highest BCUT2D eigenvalue weighted by Gasteiger charge is 2.17. The van der Waals surface area contributed by atoms with Gasteiger partial charge in [-0.2, -0.15) is 0 Å². The van der Waals surface area contributed by atoms with E-state index in [0.29, 0.717) is 12.6 Å². The Morgan fingerprint density at radius 1 is 1.35 bits per heavy atom. The van der Waals surface area contributed by atoms with Crippen molar-refractivity contribution in [3.8, 4) is 0 Å². The molecule has 0 aromatic heterocycles. The Morgan fingerprint density at radius 2 is 2.18 bits per heavy atom. The first-order valence-corrected chi connectivity index (χ1v) is 6.91. The minimum atomic E-state index is 0.115. The SMILES string of the molecule is CCCNC(=O)CNCCC1CCCCN1C. The molecule has 0 bridgehead atoms. The van der Waals surface area contributed by atoms with E-state index in [1.807, 2.05) is 0 Å². The van der Waals surface area contributed by atoms with E-state index in [1.165, 1.54) is 25.8 Å². The van der Waals surface area contributed by atoms with Gasteiger partial charge in [0, 0.05) is 12.6 Å². The van der Waals surface area contributed by atoms with E-state index >= 15 is 0 Å². The molecular weight excluding hydrogens is 214 g/mol. The summed E-state index contributed by atoms with van der Waals surface area (Å²) in [5.74, 6) is 0.115. The standard InChI is InChI=1S/C13H27N3O/c1-3-8-15-13(17)11-14-9-7-12-6-4-5-10-16(12)2/h12,14H,3-11H2,1-2H3,(H,15,17). The Labute approximate surface area is 105 Å². The number of carbonyl (C=O) groups excluding carboxylic acids is 1. The number of amides is 1. The van der Waals surface area contributed by atoms with E-state index in [1.54, 1.807) is 0 Å². The van der Waals surface area contributed by atoms with Gasteiger partial charge in [-0.05, 0) is 45.8 Å². The predicted molar refractivity (Wildman–Crippen MR) is 71.1 cm³/mol. The molecule has 0 radical (unpaired) electrons. The lowest BCUT2D eigenvalue weighted by Gasteiger charge is -2.32. The first-order chi connectivity index (χ1) is 8.24. The average molecular weight is 241 g/mol. The quantitative estimate of drug-likeness (QED) is 0.653. The molecular formula is C13H27N3O. The van der Waals surface area contributed by atoms with Crippen molar-refractivity contribution in [1.82, 2.24) is 15.5 Å². The van der Waals surface area contributed by atoms with Crippen molar-refractivity contribution >= 4 is 5.91 Å². The maximum atomic E-state index is 11.3. The van der Waals surface area contributed by atoms with E-state index in [0.717, 1.165) is 25.9 Å². The molecule has 0 aromatic rings. The number of likely N-dealkylation sites (tertiary alicyclic amines) is 1. The molecule has 0 saturated carbocycles.